The molecule has 0 saturated carbocycles. The van der Waals surface area contributed by atoms with E-state index in [-0.39, 0.29) is 11.8 Å². The lowest BCUT2D eigenvalue weighted by molar-refractivity contribution is -0.116. The van der Waals surface area contributed by atoms with Gasteiger partial charge in [0.15, 0.2) is 0 Å². The van der Waals surface area contributed by atoms with Gasteiger partial charge in [0, 0.05) is 40.3 Å². The number of aromatic nitrogens is 1. The summed E-state index contributed by atoms with van der Waals surface area (Å²) in [5.41, 5.74) is 5.58. The Morgan fingerprint density at radius 3 is 2.67 bits per heavy atom. The number of amides is 2. The summed E-state index contributed by atoms with van der Waals surface area (Å²) in [6.07, 6.45) is 5.79. The van der Waals surface area contributed by atoms with Crippen molar-refractivity contribution < 1.29 is 9.59 Å². The van der Waals surface area contributed by atoms with Crippen LogP contribution in [0.3, 0.4) is 0 Å². The molecule has 0 bridgehead atoms. The van der Waals surface area contributed by atoms with Crippen LogP contribution in [0, 0.1) is 0 Å². The first-order valence-electron chi connectivity index (χ1n) is 8.97. The summed E-state index contributed by atoms with van der Waals surface area (Å²) in [4.78, 5) is 27.1. The minimum Gasteiger partial charge on any atom is -0.361 e. The third-order valence-electron chi connectivity index (χ3n) is 4.18. The van der Waals surface area contributed by atoms with E-state index in [0.717, 1.165) is 29.3 Å². The van der Waals surface area contributed by atoms with E-state index >= 15 is 0 Å². The normalized spacial score (nSPS) is 11.0. The van der Waals surface area contributed by atoms with Gasteiger partial charge in [0.25, 0.3) is 5.91 Å². The molecule has 3 aromatic rings. The molecule has 0 aliphatic rings. The number of anilines is 1. The van der Waals surface area contributed by atoms with E-state index in [1.807, 2.05) is 37.4 Å². The number of carbonyl (C=O) groups is 2. The van der Waals surface area contributed by atoms with Crippen molar-refractivity contribution in [3.05, 3.63) is 65.9 Å². The van der Waals surface area contributed by atoms with Crippen LogP contribution in [0.25, 0.3) is 10.9 Å². The second-order valence-corrected chi connectivity index (χ2v) is 6.22. The minimum atomic E-state index is -0.310. The molecule has 2 amide bonds. The van der Waals surface area contributed by atoms with Gasteiger partial charge in [0.1, 0.15) is 0 Å². The highest BCUT2D eigenvalue weighted by atomic mass is 16.2. The quantitative estimate of drug-likeness (QED) is 0.437. The number of H-pyrrole nitrogens is 1. The van der Waals surface area contributed by atoms with Gasteiger partial charge < -0.3 is 10.3 Å². The van der Waals surface area contributed by atoms with Gasteiger partial charge in [-0.1, -0.05) is 31.5 Å². The molecule has 6 heteroatoms. The number of para-hydroxylation sites is 1. The molecule has 0 atom stereocenters. The number of nitrogens with zero attached hydrogens (tertiary/aromatic N) is 1. The molecule has 27 heavy (non-hydrogen) atoms. The molecule has 138 valence electrons. The van der Waals surface area contributed by atoms with Gasteiger partial charge in [0.2, 0.25) is 5.91 Å². The molecule has 0 aliphatic carbocycles. The van der Waals surface area contributed by atoms with Gasteiger partial charge in [-0.05, 0) is 36.8 Å². The SMILES string of the molecule is CCCCC(=O)Nc1ccc(C(=O)N/N=C/c2c[nH]c3ccccc23)cc1. The maximum atomic E-state index is 12.2. The van der Waals surface area contributed by atoms with E-state index in [0.29, 0.717) is 17.7 Å². The first-order chi connectivity index (χ1) is 13.2. The Morgan fingerprint density at radius 2 is 1.89 bits per heavy atom. The highest BCUT2D eigenvalue weighted by molar-refractivity contribution is 6.00. The van der Waals surface area contributed by atoms with Gasteiger partial charge in [0.05, 0.1) is 6.21 Å². The van der Waals surface area contributed by atoms with Crippen molar-refractivity contribution in [1.82, 2.24) is 10.4 Å². The summed E-state index contributed by atoms with van der Waals surface area (Å²) in [6, 6.07) is 14.6. The lowest BCUT2D eigenvalue weighted by Gasteiger charge is -2.05. The molecule has 2 aromatic carbocycles. The fourth-order valence-electron chi connectivity index (χ4n) is 2.69. The monoisotopic (exact) mass is 362 g/mol. The average Bonchev–Trinajstić information content (AvgIpc) is 3.10. The number of benzene rings is 2. The molecule has 0 unspecified atom stereocenters. The van der Waals surface area contributed by atoms with Crippen molar-refractivity contribution in [3.63, 3.8) is 0 Å². The van der Waals surface area contributed by atoms with Crippen molar-refractivity contribution in [3.8, 4) is 0 Å². The van der Waals surface area contributed by atoms with E-state index in [4.69, 9.17) is 0 Å². The van der Waals surface area contributed by atoms with Crippen molar-refractivity contribution in [1.29, 1.82) is 0 Å². The summed E-state index contributed by atoms with van der Waals surface area (Å²) in [5, 5.41) is 7.89. The van der Waals surface area contributed by atoms with Crippen LogP contribution in [0.1, 0.15) is 42.1 Å². The highest BCUT2D eigenvalue weighted by Crippen LogP contribution is 2.15. The molecule has 0 fully saturated rings. The number of carbonyl (C=O) groups excluding carboxylic acids is 2. The number of fused-ring (bicyclic) bond motifs is 1. The Hall–Kier alpha value is -3.41. The summed E-state index contributed by atoms with van der Waals surface area (Å²) in [7, 11) is 0. The van der Waals surface area contributed by atoms with E-state index in [9.17, 15) is 9.59 Å². The number of nitrogens with one attached hydrogen (secondary N) is 3. The van der Waals surface area contributed by atoms with Gasteiger partial charge in [-0.15, -0.1) is 0 Å². The summed E-state index contributed by atoms with van der Waals surface area (Å²) >= 11 is 0. The molecule has 1 heterocycles. The lowest BCUT2D eigenvalue weighted by Crippen LogP contribution is -2.17. The molecular formula is C21H22N4O2. The number of hydrogen-bond donors (Lipinski definition) is 3. The van der Waals surface area contributed by atoms with Crippen LogP contribution in [-0.4, -0.2) is 23.0 Å². The average molecular weight is 362 g/mol. The van der Waals surface area contributed by atoms with Crippen LogP contribution < -0.4 is 10.7 Å². The predicted octanol–water partition coefficient (Wildman–Crippen LogP) is 4.06. The molecule has 0 aliphatic heterocycles. The molecule has 0 saturated heterocycles. The maximum Gasteiger partial charge on any atom is 0.271 e. The molecule has 3 rings (SSSR count). The maximum absolute atomic E-state index is 12.2. The second-order valence-electron chi connectivity index (χ2n) is 6.22. The van der Waals surface area contributed by atoms with E-state index in [1.54, 1.807) is 30.5 Å². The Labute approximate surface area is 157 Å². The second kappa shape index (κ2) is 8.80. The Morgan fingerprint density at radius 1 is 1.11 bits per heavy atom. The summed E-state index contributed by atoms with van der Waals surface area (Å²) < 4.78 is 0. The van der Waals surface area contributed by atoms with Crippen molar-refractivity contribution in [2.45, 2.75) is 26.2 Å². The molecule has 6 nitrogen and oxygen atoms in total. The third kappa shape index (κ3) is 4.82. The summed E-state index contributed by atoms with van der Waals surface area (Å²) in [6.45, 7) is 2.04. The molecule has 3 N–H and O–H groups in total. The van der Waals surface area contributed by atoms with Crippen LogP contribution in [0.15, 0.2) is 59.8 Å². The van der Waals surface area contributed by atoms with Crippen molar-refractivity contribution in [2.75, 3.05) is 5.32 Å². The number of hydrazone groups is 1. The molecule has 0 radical (unpaired) electrons. The van der Waals surface area contributed by atoms with Gasteiger partial charge in [-0.2, -0.15) is 5.10 Å². The smallest absolute Gasteiger partial charge is 0.271 e. The molecular weight excluding hydrogens is 340 g/mol. The first kappa shape index (κ1) is 18.4. The minimum absolute atomic E-state index is 0.0163. The zero-order valence-electron chi connectivity index (χ0n) is 15.2. The van der Waals surface area contributed by atoms with Crippen molar-refractivity contribution in [2.24, 2.45) is 5.10 Å². The topological polar surface area (TPSA) is 86.3 Å². The molecule has 0 spiro atoms. The van der Waals surface area contributed by atoms with Gasteiger partial charge in [-0.25, -0.2) is 5.43 Å². The van der Waals surface area contributed by atoms with Crippen LogP contribution in [0.2, 0.25) is 0 Å². The number of rotatable bonds is 7. The standard InChI is InChI=1S/C21H22N4O2/c1-2-3-8-20(26)24-17-11-9-15(10-12-17)21(27)25-23-14-16-13-22-19-7-5-4-6-18(16)19/h4-7,9-14,22H,2-3,8H2,1H3,(H,24,26)(H,25,27)/b23-14+. The Kier molecular flexibility index (Phi) is 5.99. The van der Waals surface area contributed by atoms with Crippen LogP contribution >= 0.6 is 0 Å². The number of aromatic amines is 1. The fourth-order valence-corrected chi connectivity index (χ4v) is 2.69. The van der Waals surface area contributed by atoms with E-state index in [2.05, 4.69) is 20.8 Å². The predicted molar refractivity (Wildman–Crippen MR) is 108 cm³/mol. The largest absolute Gasteiger partial charge is 0.361 e. The number of unbranched alkanes of at least 4 members (excludes halogenated alkanes) is 1. The lowest BCUT2D eigenvalue weighted by atomic mass is 10.2. The van der Waals surface area contributed by atoms with Gasteiger partial charge >= 0.3 is 0 Å². The van der Waals surface area contributed by atoms with E-state index in [1.165, 1.54) is 0 Å². The zero-order valence-corrected chi connectivity index (χ0v) is 15.2. The van der Waals surface area contributed by atoms with Crippen LogP contribution in [0.4, 0.5) is 5.69 Å². The third-order valence-corrected chi connectivity index (χ3v) is 4.18. The Bertz CT molecular complexity index is 958. The van der Waals surface area contributed by atoms with Crippen LogP contribution in [0.5, 0.6) is 0 Å². The highest BCUT2D eigenvalue weighted by Gasteiger charge is 2.06. The first-order valence-corrected chi connectivity index (χ1v) is 8.97. The fraction of sp³-hybridized carbons (Fsp3) is 0.190. The van der Waals surface area contributed by atoms with E-state index < -0.39 is 0 Å². The zero-order chi connectivity index (χ0) is 19.1. The molecule has 1 aromatic heterocycles. The summed E-state index contributed by atoms with van der Waals surface area (Å²) in [5.74, 6) is -0.327. The van der Waals surface area contributed by atoms with Crippen molar-refractivity contribution >= 4 is 34.6 Å². The number of hydrogen-bond acceptors (Lipinski definition) is 3. The van der Waals surface area contributed by atoms with Crippen LogP contribution in [-0.2, 0) is 4.79 Å². The Balaban J connectivity index is 1.57. The van der Waals surface area contributed by atoms with Gasteiger partial charge in [-0.3, -0.25) is 9.59 Å².